The van der Waals surface area contributed by atoms with Gasteiger partial charge >= 0.3 is 0 Å². The Labute approximate surface area is 218 Å². The molecule has 0 unspecified atom stereocenters. The van der Waals surface area contributed by atoms with Crippen LogP contribution in [-0.2, 0) is 22.6 Å². The van der Waals surface area contributed by atoms with Gasteiger partial charge in [0.2, 0.25) is 5.65 Å². The minimum atomic E-state index is -0.231. The first-order valence-electron chi connectivity index (χ1n) is 13.1. The van der Waals surface area contributed by atoms with Crippen molar-refractivity contribution in [3.63, 3.8) is 0 Å². The largest absolute Gasteiger partial charge is 0.480 e. The van der Waals surface area contributed by atoms with Gasteiger partial charge in [-0.1, -0.05) is 12.1 Å². The lowest BCUT2D eigenvalue weighted by Gasteiger charge is -2.53. The zero-order chi connectivity index (χ0) is 25.9. The molecular formula is C27H29N7O4. The highest BCUT2D eigenvalue weighted by molar-refractivity contribution is 5.94. The first kappa shape index (κ1) is 23.3. The molecule has 1 aliphatic carbocycles. The van der Waals surface area contributed by atoms with Gasteiger partial charge in [0.25, 0.3) is 11.5 Å². The summed E-state index contributed by atoms with van der Waals surface area (Å²) in [4.78, 5) is 29.5. The predicted octanol–water partition coefficient (Wildman–Crippen LogP) is 2.34. The van der Waals surface area contributed by atoms with Crippen LogP contribution >= 0.6 is 0 Å². The highest BCUT2D eigenvalue weighted by atomic mass is 16.5. The minimum Gasteiger partial charge on any atom is -0.480 e. The van der Waals surface area contributed by atoms with Crippen LogP contribution < -0.4 is 20.9 Å². The molecule has 4 aliphatic rings. The van der Waals surface area contributed by atoms with Crippen LogP contribution in [0.15, 0.2) is 41.2 Å². The molecule has 2 saturated heterocycles. The van der Waals surface area contributed by atoms with E-state index in [0.717, 1.165) is 48.8 Å². The van der Waals surface area contributed by atoms with E-state index in [9.17, 15) is 9.59 Å². The fourth-order valence-electron chi connectivity index (χ4n) is 6.13. The normalized spacial score (nSPS) is 24.4. The summed E-state index contributed by atoms with van der Waals surface area (Å²) in [5.74, 6) is 1.59. The van der Waals surface area contributed by atoms with Crippen molar-refractivity contribution < 1.29 is 14.3 Å². The molecule has 38 heavy (non-hydrogen) atoms. The van der Waals surface area contributed by atoms with Crippen LogP contribution in [-0.4, -0.2) is 54.4 Å². The van der Waals surface area contributed by atoms with E-state index in [1.165, 1.54) is 0 Å². The summed E-state index contributed by atoms with van der Waals surface area (Å²) in [6, 6.07) is 11.7. The molecule has 0 atom stereocenters. The van der Waals surface area contributed by atoms with Gasteiger partial charge in [0.05, 0.1) is 28.9 Å². The van der Waals surface area contributed by atoms with Gasteiger partial charge in [-0.15, -0.1) is 10.2 Å². The summed E-state index contributed by atoms with van der Waals surface area (Å²) < 4.78 is 15.6. The zero-order valence-electron chi connectivity index (χ0n) is 21.2. The summed E-state index contributed by atoms with van der Waals surface area (Å²) in [5, 5.41) is 14.8. The van der Waals surface area contributed by atoms with Crippen LogP contribution in [0.25, 0.3) is 16.7 Å². The third-order valence-electron chi connectivity index (χ3n) is 8.42. The van der Waals surface area contributed by atoms with E-state index >= 15 is 0 Å². The zero-order valence-corrected chi connectivity index (χ0v) is 21.2. The van der Waals surface area contributed by atoms with Gasteiger partial charge in [-0.2, -0.15) is 0 Å². The predicted molar refractivity (Wildman–Crippen MR) is 139 cm³/mol. The van der Waals surface area contributed by atoms with Gasteiger partial charge in [0.15, 0.2) is 18.2 Å². The minimum absolute atomic E-state index is 0.0220. The van der Waals surface area contributed by atoms with Crippen molar-refractivity contribution in [3.8, 4) is 5.75 Å². The number of amides is 1. The van der Waals surface area contributed by atoms with Gasteiger partial charge in [-0.25, -0.2) is 4.98 Å². The molecule has 3 aromatic heterocycles. The van der Waals surface area contributed by atoms with Crippen molar-refractivity contribution >= 4 is 28.4 Å². The lowest BCUT2D eigenvalue weighted by Crippen LogP contribution is -2.61. The summed E-state index contributed by atoms with van der Waals surface area (Å²) >= 11 is 0. The standard InChI is InChI=1S/C27H29N7O4/c1-17-31-32-24-25(36)33(19-4-2-3-5-20(19)34(17)24)13-12-27-10-8-26(9-11-27,16-38-27)28-14-18-6-7-21-23(29-18)30-22(35)15-37-21/h2-7,28H,8-16H2,1H3,(H,29,30,35). The molecule has 4 aromatic rings. The number of benzene rings is 1. The Kier molecular flexibility index (Phi) is 5.27. The highest BCUT2D eigenvalue weighted by Crippen LogP contribution is 2.45. The summed E-state index contributed by atoms with van der Waals surface area (Å²) in [5.41, 5.74) is 2.56. The van der Waals surface area contributed by atoms with Crippen LogP contribution in [0.2, 0.25) is 0 Å². The number of carbonyl (C=O) groups is 1. The molecule has 1 saturated carbocycles. The maximum absolute atomic E-state index is 13.4. The third-order valence-corrected chi connectivity index (χ3v) is 8.42. The molecule has 0 spiro atoms. The smallest absolute Gasteiger partial charge is 0.296 e. The molecular weight excluding hydrogens is 486 g/mol. The monoisotopic (exact) mass is 515 g/mol. The van der Waals surface area contributed by atoms with E-state index in [4.69, 9.17) is 9.47 Å². The summed E-state index contributed by atoms with van der Waals surface area (Å²) in [7, 11) is 0. The van der Waals surface area contributed by atoms with Gasteiger partial charge < -0.3 is 24.7 Å². The van der Waals surface area contributed by atoms with Gasteiger partial charge in [0, 0.05) is 18.6 Å². The second-order valence-electron chi connectivity index (χ2n) is 10.7. The lowest BCUT2D eigenvalue weighted by atomic mass is 9.70. The number of aryl methyl sites for hydroxylation is 2. The number of ether oxygens (including phenoxy) is 2. The number of rotatable bonds is 6. The Morgan fingerprint density at radius 2 is 1.87 bits per heavy atom. The number of carbonyl (C=O) groups excluding carboxylic acids is 1. The molecule has 11 nitrogen and oxygen atoms in total. The molecule has 3 aliphatic heterocycles. The van der Waals surface area contributed by atoms with Gasteiger partial charge in [-0.3, -0.25) is 14.0 Å². The van der Waals surface area contributed by atoms with Crippen molar-refractivity contribution in [2.24, 2.45) is 0 Å². The number of hydrogen-bond donors (Lipinski definition) is 2. The van der Waals surface area contributed by atoms with E-state index in [-0.39, 0.29) is 29.2 Å². The Bertz CT molecular complexity index is 1620. The molecule has 2 bridgehead atoms. The summed E-state index contributed by atoms with van der Waals surface area (Å²) in [6.07, 6.45) is 4.62. The third kappa shape index (κ3) is 3.76. The average Bonchev–Trinajstić information content (AvgIpc) is 3.34. The molecule has 1 aromatic carbocycles. The molecule has 2 N–H and O–H groups in total. The fraction of sp³-hybridized carbons (Fsp3) is 0.444. The van der Waals surface area contributed by atoms with E-state index in [2.05, 4.69) is 25.8 Å². The molecule has 11 heteroatoms. The average molecular weight is 516 g/mol. The van der Waals surface area contributed by atoms with E-state index in [1.807, 2.05) is 52.3 Å². The van der Waals surface area contributed by atoms with Crippen molar-refractivity contribution in [1.82, 2.24) is 29.5 Å². The van der Waals surface area contributed by atoms with Crippen LogP contribution in [0.3, 0.4) is 0 Å². The first-order valence-corrected chi connectivity index (χ1v) is 13.1. The van der Waals surface area contributed by atoms with Crippen molar-refractivity contribution in [2.45, 2.75) is 63.3 Å². The number of hydrogen-bond acceptors (Lipinski definition) is 8. The Morgan fingerprint density at radius 1 is 1.05 bits per heavy atom. The Morgan fingerprint density at radius 3 is 2.66 bits per heavy atom. The SMILES string of the molecule is Cc1nnc2c(=O)n(CCC34CCC(NCc5ccc6c(n5)NC(=O)CO6)(CC3)CO4)c3ccccc3n12. The van der Waals surface area contributed by atoms with Crippen molar-refractivity contribution in [2.75, 3.05) is 18.5 Å². The topological polar surface area (TPSA) is 125 Å². The van der Waals surface area contributed by atoms with Crippen molar-refractivity contribution in [1.29, 1.82) is 0 Å². The fourth-order valence-corrected chi connectivity index (χ4v) is 6.13. The van der Waals surface area contributed by atoms with Crippen LogP contribution in [0, 0.1) is 6.92 Å². The Balaban J connectivity index is 1.05. The number of pyridine rings is 1. The van der Waals surface area contributed by atoms with Crippen LogP contribution in [0.1, 0.15) is 43.6 Å². The maximum atomic E-state index is 13.4. The van der Waals surface area contributed by atoms with Crippen LogP contribution in [0.5, 0.6) is 5.75 Å². The van der Waals surface area contributed by atoms with Gasteiger partial charge in [0.1, 0.15) is 5.82 Å². The second-order valence-corrected chi connectivity index (χ2v) is 10.7. The number of para-hydroxylation sites is 2. The summed E-state index contributed by atoms with van der Waals surface area (Å²) in [6.45, 7) is 3.65. The van der Waals surface area contributed by atoms with E-state index in [1.54, 1.807) is 0 Å². The van der Waals surface area contributed by atoms with E-state index < -0.39 is 0 Å². The molecule has 8 rings (SSSR count). The van der Waals surface area contributed by atoms with Crippen molar-refractivity contribution in [3.05, 3.63) is 58.3 Å². The lowest BCUT2D eigenvalue weighted by molar-refractivity contribution is -0.167. The second kappa shape index (κ2) is 8.60. The quantitative estimate of drug-likeness (QED) is 0.401. The Hall–Kier alpha value is -3.83. The van der Waals surface area contributed by atoms with Gasteiger partial charge in [-0.05, 0) is 63.3 Å². The number of anilines is 1. The molecule has 3 fully saturated rings. The molecule has 196 valence electrons. The first-order chi connectivity index (χ1) is 18.4. The highest BCUT2D eigenvalue weighted by Gasteiger charge is 2.49. The molecule has 1 amide bonds. The number of nitrogens with zero attached hydrogens (tertiary/aromatic N) is 5. The van der Waals surface area contributed by atoms with Crippen LogP contribution in [0.4, 0.5) is 5.82 Å². The number of aromatic nitrogens is 5. The molecule has 6 heterocycles. The number of nitrogens with one attached hydrogen (secondary N) is 2. The maximum Gasteiger partial charge on any atom is 0.296 e. The molecule has 0 radical (unpaired) electrons. The number of fused-ring (bicyclic) bond motifs is 7. The van der Waals surface area contributed by atoms with E-state index in [0.29, 0.717) is 42.7 Å².